The zero-order valence-corrected chi connectivity index (χ0v) is 14.1. The van der Waals surface area contributed by atoms with E-state index in [1.54, 1.807) is 18.2 Å². The molecule has 2 aromatic rings. The number of rotatable bonds is 4. The second kappa shape index (κ2) is 7.30. The van der Waals surface area contributed by atoms with Gasteiger partial charge in [-0.25, -0.2) is 0 Å². The summed E-state index contributed by atoms with van der Waals surface area (Å²) in [6, 6.07) is 12.5. The smallest absolute Gasteiger partial charge is 0.243 e. The topological polar surface area (TPSA) is 64.9 Å². The Balaban J connectivity index is 2.02. The van der Waals surface area contributed by atoms with Crippen LogP contribution >= 0.6 is 27.5 Å². The molecule has 4 nitrogen and oxygen atoms in total. The molecule has 22 heavy (non-hydrogen) atoms. The molecule has 0 aliphatic rings. The number of carbonyl (C=O) groups excluding carboxylic acids is 1. The van der Waals surface area contributed by atoms with Gasteiger partial charge in [0, 0.05) is 15.2 Å². The molecule has 0 radical (unpaired) electrons. The lowest BCUT2D eigenvalue weighted by molar-refractivity contribution is -0.114. The van der Waals surface area contributed by atoms with Gasteiger partial charge in [-0.1, -0.05) is 27.5 Å². The van der Waals surface area contributed by atoms with E-state index in [1.165, 1.54) is 0 Å². The Morgan fingerprint density at radius 2 is 2.05 bits per heavy atom. The highest BCUT2D eigenvalue weighted by atomic mass is 79.9. The second-order valence-corrected chi connectivity index (χ2v) is 6.01. The number of anilines is 2. The SMILES string of the molecule is Cc1cc(Br)ccc1NCC(=O)Nc1cc(Cl)ccc1C#N. The van der Waals surface area contributed by atoms with Crippen molar-refractivity contribution in [3.05, 3.63) is 57.0 Å². The van der Waals surface area contributed by atoms with E-state index in [-0.39, 0.29) is 12.5 Å². The van der Waals surface area contributed by atoms with Gasteiger partial charge in [0.2, 0.25) is 5.91 Å². The number of aryl methyl sites for hydroxylation is 1. The van der Waals surface area contributed by atoms with Gasteiger partial charge in [0.05, 0.1) is 17.8 Å². The molecular formula is C16H13BrClN3O. The largest absolute Gasteiger partial charge is 0.376 e. The van der Waals surface area contributed by atoms with E-state index in [1.807, 2.05) is 31.2 Å². The molecule has 112 valence electrons. The maximum atomic E-state index is 12.0. The van der Waals surface area contributed by atoms with Crippen molar-refractivity contribution in [1.29, 1.82) is 5.26 Å². The molecule has 0 saturated heterocycles. The van der Waals surface area contributed by atoms with Crippen molar-refractivity contribution in [3.63, 3.8) is 0 Å². The first kappa shape index (κ1) is 16.3. The molecule has 0 saturated carbocycles. The molecule has 0 bridgehead atoms. The average molecular weight is 379 g/mol. The van der Waals surface area contributed by atoms with Crippen molar-refractivity contribution in [1.82, 2.24) is 0 Å². The maximum absolute atomic E-state index is 12.0. The number of halogens is 2. The number of hydrogen-bond donors (Lipinski definition) is 2. The number of hydrogen-bond acceptors (Lipinski definition) is 3. The Morgan fingerprint density at radius 1 is 1.27 bits per heavy atom. The van der Waals surface area contributed by atoms with Gasteiger partial charge in [-0.15, -0.1) is 0 Å². The first-order chi connectivity index (χ1) is 10.5. The summed E-state index contributed by atoms with van der Waals surface area (Å²) in [6.07, 6.45) is 0. The molecule has 0 aliphatic carbocycles. The predicted octanol–water partition coefficient (Wildman–Crippen LogP) is 4.33. The monoisotopic (exact) mass is 377 g/mol. The standard InChI is InChI=1S/C16H13BrClN3O/c1-10-6-12(17)3-5-14(10)20-9-16(22)21-15-7-13(18)4-2-11(15)8-19/h2-7,20H,9H2,1H3,(H,21,22). The molecule has 0 atom stereocenters. The Labute approximate surface area is 142 Å². The van der Waals surface area contributed by atoms with Crippen LogP contribution in [0.2, 0.25) is 5.02 Å². The third kappa shape index (κ3) is 4.23. The first-order valence-electron chi connectivity index (χ1n) is 6.49. The fraction of sp³-hybridized carbons (Fsp3) is 0.125. The van der Waals surface area contributed by atoms with E-state index in [2.05, 4.69) is 26.6 Å². The summed E-state index contributed by atoms with van der Waals surface area (Å²) in [4.78, 5) is 12.0. The van der Waals surface area contributed by atoms with Crippen LogP contribution < -0.4 is 10.6 Å². The maximum Gasteiger partial charge on any atom is 0.243 e. The highest BCUT2D eigenvalue weighted by Gasteiger charge is 2.08. The molecule has 2 aromatic carbocycles. The lowest BCUT2D eigenvalue weighted by Gasteiger charge is -2.11. The van der Waals surface area contributed by atoms with Crippen LogP contribution in [0.1, 0.15) is 11.1 Å². The van der Waals surface area contributed by atoms with Crippen molar-refractivity contribution in [2.75, 3.05) is 17.2 Å². The zero-order chi connectivity index (χ0) is 16.1. The van der Waals surface area contributed by atoms with Gasteiger partial charge in [-0.05, 0) is 48.9 Å². The van der Waals surface area contributed by atoms with Gasteiger partial charge in [0.25, 0.3) is 0 Å². The molecule has 2 N–H and O–H groups in total. The minimum absolute atomic E-state index is 0.0971. The van der Waals surface area contributed by atoms with E-state index in [4.69, 9.17) is 16.9 Å². The second-order valence-electron chi connectivity index (χ2n) is 4.66. The van der Waals surface area contributed by atoms with E-state index < -0.39 is 0 Å². The van der Waals surface area contributed by atoms with E-state index in [0.29, 0.717) is 16.3 Å². The van der Waals surface area contributed by atoms with Crippen LogP contribution in [0.15, 0.2) is 40.9 Å². The average Bonchev–Trinajstić information content (AvgIpc) is 2.46. The first-order valence-corrected chi connectivity index (χ1v) is 7.66. The zero-order valence-electron chi connectivity index (χ0n) is 11.8. The molecule has 0 spiro atoms. The van der Waals surface area contributed by atoms with Crippen molar-refractivity contribution in [2.45, 2.75) is 6.92 Å². The van der Waals surface area contributed by atoms with Crippen LogP contribution in [-0.4, -0.2) is 12.5 Å². The fourth-order valence-electron chi connectivity index (χ4n) is 1.91. The van der Waals surface area contributed by atoms with Crippen LogP contribution in [0.3, 0.4) is 0 Å². The van der Waals surface area contributed by atoms with Crippen LogP contribution in [0.5, 0.6) is 0 Å². The number of nitriles is 1. The quantitative estimate of drug-likeness (QED) is 0.832. The van der Waals surface area contributed by atoms with E-state index in [0.717, 1.165) is 15.7 Å². The van der Waals surface area contributed by atoms with E-state index in [9.17, 15) is 4.79 Å². The van der Waals surface area contributed by atoms with Gasteiger partial charge in [-0.2, -0.15) is 5.26 Å². The molecule has 0 fully saturated rings. The molecule has 6 heteroatoms. The highest BCUT2D eigenvalue weighted by Crippen LogP contribution is 2.21. The summed E-state index contributed by atoms with van der Waals surface area (Å²) >= 11 is 9.28. The van der Waals surface area contributed by atoms with Gasteiger partial charge in [-0.3, -0.25) is 4.79 Å². The number of nitrogens with zero attached hydrogens (tertiary/aromatic N) is 1. The molecule has 0 aromatic heterocycles. The summed E-state index contributed by atoms with van der Waals surface area (Å²) in [5.74, 6) is -0.249. The molecule has 0 unspecified atom stereocenters. The fourth-order valence-corrected chi connectivity index (χ4v) is 2.56. The van der Waals surface area contributed by atoms with Gasteiger partial charge < -0.3 is 10.6 Å². The van der Waals surface area contributed by atoms with Gasteiger partial charge in [0.1, 0.15) is 6.07 Å². The normalized spacial score (nSPS) is 9.91. The Morgan fingerprint density at radius 3 is 2.73 bits per heavy atom. The molecule has 2 rings (SSSR count). The van der Waals surface area contributed by atoms with Crippen LogP contribution in [-0.2, 0) is 4.79 Å². The number of nitrogens with one attached hydrogen (secondary N) is 2. The summed E-state index contributed by atoms with van der Waals surface area (Å²) in [5.41, 5.74) is 2.69. The van der Waals surface area contributed by atoms with Gasteiger partial charge in [0.15, 0.2) is 0 Å². The summed E-state index contributed by atoms with van der Waals surface area (Å²) < 4.78 is 0.984. The minimum Gasteiger partial charge on any atom is -0.376 e. The molecular weight excluding hydrogens is 366 g/mol. The minimum atomic E-state index is -0.249. The number of benzene rings is 2. The van der Waals surface area contributed by atoms with Crippen molar-refractivity contribution in [3.8, 4) is 6.07 Å². The van der Waals surface area contributed by atoms with Gasteiger partial charge >= 0.3 is 0 Å². The van der Waals surface area contributed by atoms with Crippen molar-refractivity contribution in [2.24, 2.45) is 0 Å². The molecule has 1 amide bonds. The number of carbonyl (C=O) groups is 1. The Hall–Kier alpha value is -2.03. The third-order valence-electron chi connectivity index (χ3n) is 3.00. The summed E-state index contributed by atoms with van der Waals surface area (Å²) in [5, 5.41) is 15.2. The lowest BCUT2D eigenvalue weighted by atomic mass is 10.2. The third-order valence-corrected chi connectivity index (χ3v) is 3.73. The van der Waals surface area contributed by atoms with Crippen molar-refractivity contribution >= 4 is 44.8 Å². The predicted molar refractivity (Wildman–Crippen MR) is 92.2 cm³/mol. The lowest BCUT2D eigenvalue weighted by Crippen LogP contribution is -2.22. The van der Waals surface area contributed by atoms with Crippen LogP contribution in [0.25, 0.3) is 0 Å². The Bertz CT molecular complexity index is 756. The highest BCUT2D eigenvalue weighted by molar-refractivity contribution is 9.10. The summed E-state index contributed by atoms with van der Waals surface area (Å²) in [7, 11) is 0. The van der Waals surface area contributed by atoms with E-state index >= 15 is 0 Å². The Kier molecular flexibility index (Phi) is 5.42. The van der Waals surface area contributed by atoms with Crippen LogP contribution in [0, 0.1) is 18.3 Å². The number of amides is 1. The van der Waals surface area contributed by atoms with Crippen molar-refractivity contribution < 1.29 is 4.79 Å². The molecule has 0 aliphatic heterocycles. The molecule has 0 heterocycles. The summed E-state index contributed by atoms with van der Waals surface area (Å²) in [6.45, 7) is 2.05. The van der Waals surface area contributed by atoms with Crippen LogP contribution in [0.4, 0.5) is 11.4 Å².